The first-order valence-corrected chi connectivity index (χ1v) is 14.1. The summed E-state index contributed by atoms with van der Waals surface area (Å²) in [6.45, 7) is 9.58. The summed E-state index contributed by atoms with van der Waals surface area (Å²) in [6, 6.07) is 6.48. The topological polar surface area (TPSA) is 131 Å². The molecule has 1 atom stereocenters. The van der Waals surface area contributed by atoms with Crippen molar-refractivity contribution in [1.29, 1.82) is 0 Å². The summed E-state index contributed by atoms with van der Waals surface area (Å²) in [5.41, 5.74) is 8.76. The fraction of sp³-hybridized carbons (Fsp3) is 0.500. The molecule has 0 radical (unpaired) electrons. The van der Waals surface area contributed by atoms with Crippen molar-refractivity contribution < 1.29 is 14.3 Å². The van der Waals surface area contributed by atoms with E-state index in [1.54, 1.807) is 12.1 Å². The van der Waals surface area contributed by atoms with E-state index in [2.05, 4.69) is 40.3 Å². The molecule has 1 aromatic carbocycles. The van der Waals surface area contributed by atoms with Crippen LogP contribution < -0.4 is 11.1 Å². The minimum absolute atomic E-state index is 0.0593. The third-order valence-corrected chi connectivity index (χ3v) is 8.28. The standard InChI is InChI=1S/C29H36FN7O.CH4O/c1-17-7-9-20(10-8-17)15-37-24-26(33-19(3)22-5-4-6-22)34-28(25(31)32-16-38)35-27(24)36-29(37)18(2)21-11-13-23(30)14-12-21;1-2/h11-14,16-17,19-20,22H,2,4-10,15H2,1,3H3,(H2,31,32,38)(H,33,34,35);2H,1H3/t17?,19-,20?;/m1./s1. The lowest BCUT2D eigenvalue weighted by atomic mass is 9.80. The van der Waals surface area contributed by atoms with E-state index in [1.807, 2.05) is 0 Å². The number of hydrogen-bond donors (Lipinski definition) is 3. The number of nitrogens with two attached hydrogens (primary N) is 1. The molecule has 3 aromatic rings. The maximum absolute atomic E-state index is 13.7. The number of aliphatic hydroxyl groups excluding tert-OH is 1. The monoisotopic (exact) mass is 549 g/mol. The van der Waals surface area contributed by atoms with Crippen LogP contribution >= 0.6 is 0 Å². The number of carbonyl (C=O) groups is 1. The van der Waals surface area contributed by atoms with Crippen molar-refractivity contribution in [1.82, 2.24) is 19.5 Å². The number of amides is 1. The zero-order valence-electron chi connectivity index (χ0n) is 23.6. The Morgan fingerprint density at radius 3 is 2.45 bits per heavy atom. The highest BCUT2D eigenvalue weighted by molar-refractivity contribution is 6.00. The molecule has 4 N–H and O–H groups in total. The van der Waals surface area contributed by atoms with Gasteiger partial charge in [-0.15, -0.1) is 0 Å². The van der Waals surface area contributed by atoms with E-state index in [9.17, 15) is 9.18 Å². The van der Waals surface area contributed by atoms with Crippen molar-refractivity contribution in [3.8, 4) is 0 Å². The predicted octanol–water partition coefficient (Wildman–Crippen LogP) is 4.92. The molecule has 9 nitrogen and oxygen atoms in total. The second-order valence-corrected chi connectivity index (χ2v) is 11.0. The Kier molecular flexibility index (Phi) is 9.63. The molecule has 10 heteroatoms. The Morgan fingerprint density at radius 1 is 1.18 bits per heavy atom. The molecule has 2 saturated carbocycles. The van der Waals surface area contributed by atoms with Gasteiger partial charge < -0.3 is 20.7 Å². The van der Waals surface area contributed by atoms with Crippen molar-refractivity contribution in [3.05, 3.63) is 53.9 Å². The zero-order valence-corrected chi connectivity index (χ0v) is 23.6. The number of carbonyl (C=O) groups excluding carboxylic acids is 1. The second kappa shape index (κ2) is 13.1. The molecule has 0 unspecified atom stereocenters. The number of amidine groups is 1. The quantitative estimate of drug-likeness (QED) is 0.196. The van der Waals surface area contributed by atoms with Crippen molar-refractivity contribution in [2.75, 3.05) is 12.4 Å². The van der Waals surface area contributed by atoms with Crippen molar-refractivity contribution in [2.45, 2.75) is 71.4 Å². The number of hydrogen-bond acceptors (Lipinski definition) is 6. The Labute approximate surface area is 234 Å². The van der Waals surface area contributed by atoms with E-state index in [1.165, 1.54) is 44.2 Å². The molecule has 2 fully saturated rings. The van der Waals surface area contributed by atoms with Gasteiger partial charge in [0.05, 0.1) is 0 Å². The number of nitrogens with zero attached hydrogens (tertiary/aromatic N) is 5. The number of halogens is 1. The van der Waals surface area contributed by atoms with Gasteiger partial charge in [-0.1, -0.05) is 44.9 Å². The van der Waals surface area contributed by atoms with E-state index in [-0.39, 0.29) is 23.5 Å². The lowest BCUT2D eigenvalue weighted by molar-refractivity contribution is -0.106. The molecular formula is C30H40FN7O2. The summed E-state index contributed by atoms with van der Waals surface area (Å²) in [6.07, 6.45) is 8.66. The fourth-order valence-corrected chi connectivity index (χ4v) is 5.60. The van der Waals surface area contributed by atoms with Gasteiger partial charge in [-0.2, -0.15) is 4.99 Å². The predicted molar refractivity (Wildman–Crippen MR) is 156 cm³/mol. The number of aromatic nitrogens is 4. The Balaban J connectivity index is 0.00000181. The first-order valence-electron chi connectivity index (χ1n) is 14.1. The van der Waals surface area contributed by atoms with Crippen molar-refractivity contribution >= 4 is 34.8 Å². The van der Waals surface area contributed by atoms with Gasteiger partial charge in [-0.05, 0) is 68.1 Å². The molecule has 2 aliphatic carbocycles. The third kappa shape index (κ3) is 6.38. The van der Waals surface area contributed by atoms with E-state index >= 15 is 0 Å². The van der Waals surface area contributed by atoms with Crippen LogP contribution in [0, 0.1) is 23.6 Å². The summed E-state index contributed by atoms with van der Waals surface area (Å²) < 4.78 is 15.8. The van der Waals surface area contributed by atoms with Gasteiger partial charge in [0, 0.05) is 25.3 Å². The van der Waals surface area contributed by atoms with Crippen LogP contribution in [0.4, 0.5) is 10.2 Å². The molecule has 0 saturated heterocycles. The summed E-state index contributed by atoms with van der Waals surface area (Å²) in [5, 5.41) is 10.6. The number of nitrogens with one attached hydrogen (secondary N) is 1. The Morgan fingerprint density at radius 2 is 1.85 bits per heavy atom. The third-order valence-electron chi connectivity index (χ3n) is 8.28. The van der Waals surface area contributed by atoms with Crippen LogP contribution in [0.3, 0.4) is 0 Å². The second-order valence-electron chi connectivity index (χ2n) is 11.0. The molecule has 214 valence electrons. The van der Waals surface area contributed by atoms with E-state index < -0.39 is 0 Å². The van der Waals surface area contributed by atoms with Gasteiger partial charge in [0.15, 0.2) is 23.1 Å². The molecule has 5 rings (SSSR count). The van der Waals surface area contributed by atoms with Crippen LogP contribution in [0.2, 0.25) is 0 Å². The summed E-state index contributed by atoms with van der Waals surface area (Å²) >= 11 is 0. The lowest BCUT2D eigenvalue weighted by Crippen LogP contribution is -2.32. The highest BCUT2D eigenvalue weighted by Gasteiger charge is 2.28. The Hall–Kier alpha value is -3.66. The SMILES string of the molecule is C=C(c1ccc(F)cc1)c1nc2nc(C(N)=NC=O)nc(N[C@H](C)C3CCC3)c2n1CC1CCC(C)CC1.CO. The smallest absolute Gasteiger partial charge is 0.234 e. The summed E-state index contributed by atoms with van der Waals surface area (Å²) in [4.78, 5) is 29.0. The highest BCUT2D eigenvalue weighted by Crippen LogP contribution is 2.36. The van der Waals surface area contributed by atoms with Crippen LogP contribution in [-0.4, -0.2) is 50.0 Å². The molecule has 40 heavy (non-hydrogen) atoms. The molecule has 0 bridgehead atoms. The number of benzene rings is 1. The van der Waals surface area contributed by atoms with Gasteiger partial charge >= 0.3 is 0 Å². The summed E-state index contributed by atoms with van der Waals surface area (Å²) in [5.74, 6) is 2.88. The van der Waals surface area contributed by atoms with Gasteiger partial charge in [-0.25, -0.2) is 19.3 Å². The van der Waals surface area contributed by atoms with Crippen LogP contribution in [0.5, 0.6) is 0 Å². The number of fused-ring (bicyclic) bond motifs is 1. The maximum atomic E-state index is 13.7. The van der Waals surface area contributed by atoms with E-state index in [0.717, 1.165) is 43.5 Å². The van der Waals surface area contributed by atoms with Crippen LogP contribution in [0.15, 0.2) is 35.8 Å². The van der Waals surface area contributed by atoms with Crippen LogP contribution in [0.1, 0.15) is 76.0 Å². The van der Waals surface area contributed by atoms with Crippen LogP contribution in [0.25, 0.3) is 16.7 Å². The number of aliphatic hydroxyl groups is 1. The minimum Gasteiger partial charge on any atom is -0.400 e. The number of imidazole rings is 1. The average molecular weight is 550 g/mol. The van der Waals surface area contributed by atoms with E-state index in [4.69, 9.17) is 20.8 Å². The van der Waals surface area contributed by atoms with Crippen LogP contribution in [-0.2, 0) is 11.3 Å². The Bertz CT molecular complexity index is 1360. The molecule has 2 aromatic heterocycles. The number of rotatable bonds is 9. The maximum Gasteiger partial charge on any atom is 0.234 e. The fourth-order valence-electron chi connectivity index (χ4n) is 5.60. The van der Waals surface area contributed by atoms with Gasteiger partial charge in [0.1, 0.15) is 17.2 Å². The largest absolute Gasteiger partial charge is 0.400 e. The normalized spacial score (nSPS) is 20.3. The molecule has 0 spiro atoms. The first kappa shape index (κ1) is 29.3. The van der Waals surface area contributed by atoms with Gasteiger partial charge in [-0.3, -0.25) is 4.79 Å². The zero-order chi connectivity index (χ0) is 28.8. The molecule has 2 aliphatic rings. The van der Waals surface area contributed by atoms with Crippen molar-refractivity contribution in [2.24, 2.45) is 28.5 Å². The number of aliphatic imine (C=N–C) groups is 1. The average Bonchev–Trinajstić information content (AvgIpc) is 3.28. The van der Waals surface area contributed by atoms with Gasteiger partial charge in [0.2, 0.25) is 6.41 Å². The van der Waals surface area contributed by atoms with Gasteiger partial charge in [0.25, 0.3) is 0 Å². The summed E-state index contributed by atoms with van der Waals surface area (Å²) in [7, 11) is 1.00. The lowest BCUT2D eigenvalue weighted by Gasteiger charge is -2.32. The van der Waals surface area contributed by atoms with Crippen molar-refractivity contribution in [3.63, 3.8) is 0 Å². The highest BCUT2D eigenvalue weighted by atomic mass is 19.1. The minimum atomic E-state index is -0.303. The van der Waals surface area contributed by atoms with E-state index in [0.29, 0.717) is 41.1 Å². The molecule has 1 amide bonds. The number of anilines is 1. The molecule has 0 aliphatic heterocycles. The molecular weight excluding hydrogens is 509 g/mol. The first-order chi connectivity index (χ1) is 19.3. The molecule has 2 heterocycles.